The number of hydrogen-bond acceptors (Lipinski definition) is 2. The zero-order valence-electron chi connectivity index (χ0n) is 11.8. The SMILES string of the molecule is CC(C)CN(CCC#N)C(=O)CC1CCCCC1. The lowest BCUT2D eigenvalue weighted by atomic mass is 9.86. The van der Waals surface area contributed by atoms with Crippen molar-refractivity contribution in [2.24, 2.45) is 11.8 Å². The summed E-state index contributed by atoms with van der Waals surface area (Å²) in [6.07, 6.45) is 7.44. The van der Waals surface area contributed by atoms with Crippen LogP contribution in [0.2, 0.25) is 0 Å². The summed E-state index contributed by atoms with van der Waals surface area (Å²) < 4.78 is 0. The molecule has 1 aliphatic rings. The molecule has 0 unspecified atom stereocenters. The first-order chi connectivity index (χ1) is 8.63. The molecule has 0 aromatic carbocycles. The smallest absolute Gasteiger partial charge is 0.222 e. The van der Waals surface area contributed by atoms with E-state index in [1.807, 2.05) is 4.90 Å². The fourth-order valence-electron chi connectivity index (χ4n) is 2.71. The van der Waals surface area contributed by atoms with Crippen LogP contribution in [0.25, 0.3) is 0 Å². The standard InChI is InChI=1S/C15H26N2O/c1-13(2)12-17(10-6-9-16)15(18)11-14-7-4-3-5-8-14/h13-14H,3-8,10-12H2,1-2H3. The van der Waals surface area contributed by atoms with E-state index in [2.05, 4.69) is 19.9 Å². The predicted octanol–water partition coefficient (Wildman–Crippen LogP) is 3.36. The van der Waals surface area contributed by atoms with E-state index in [0.29, 0.717) is 31.2 Å². The van der Waals surface area contributed by atoms with E-state index in [1.165, 1.54) is 32.1 Å². The molecule has 0 radical (unpaired) electrons. The maximum absolute atomic E-state index is 12.3. The zero-order chi connectivity index (χ0) is 13.4. The van der Waals surface area contributed by atoms with Gasteiger partial charge in [-0.05, 0) is 24.7 Å². The van der Waals surface area contributed by atoms with E-state index in [4.69, 9.17) is 5.26 Å². The second-order valence-corrected chi connectivity index (χ2v) is 5.85. The van der Waals surface area contributed by atoms with Gasteiger partial charge in [0.1, 0.15) is 0 Å². The molecule has 1 amide bonds. The van der Waals surface area contributed by atoms with Crippen molar-refractivity contribution in [1.82, 2.24) is 4.90 Å². The van der Waals surface area contributed by atoms with Gasteiger partial charge in [0.15, 0.2) is 0 Å². The molecule has 0 saturated heterocycles. The Morgan fingerprint density at radius 1 is 1.33 bits per heavy atom. The van der Waals surface area contributed by atoms with Crippen LogP contribution in [0.5, 0.6) is 0 Å². The van der Waals surface area contributed by atoms with Gasteiger partial charge < -0.3 is 4.90 Å². The van der Waals surface area contributed by atoms with Crippen LogP contribution < -0.4 is 0 Å². The molecule has 1 aliphatic carbocycles. The van der Waals surface area contributed by atoms with Crippen molar-refractivity contribution in [2.75, 3.05) is 13.1 Å². The Morgan fingerprint density at radius 3 is 2.56 bits per heavy atom. The number of rotatable bonds is 6. The first-order valence-corrected chi connectivity index (χ1v) is 7.28. The molecule has 1 saturated carbocycles. The Labute approximate surface area is 111 Å². The number of hydrogen-bond donors (Lipinski definition) is 0. The van der Waals surface area contributed by atoms with E-state index < -0.39 is 0 Å². The molecule has 0 heterocycles. The van der Waals surface area contributed by atoms with Gasteiger partial charge in [-0.15, -0.1) is 0 Å². The minimum Gasteiger partial charge on any atom is -0.341 e. The fourth-order valence-corrected chi connectivity index (χ4v) is 2.71. The summed E-state index contributed by atoms with van der Waals surface area (Å²) in [6, 6.07) is 2.14. The van der Waals surface area contributed by atoms with Gasteiger partial charge in [0, 0.05) is 19.5 Å². The van der Waals surface area contributed by atoms with Crippen LogP contribution in [0.4, 0.5) is 0 Å². The molecule has 3 heteroatoms. The van der Waals surface area contributed by atoms with Gasteiger partial charge in [-0.25, -0.2) is 0 Å². The molecule has 1 fully saturated rings. The summed E-state index contributed by atoms with van der Waals surface area (Å²) in [6.45, 7) is 5.62. The summed E-state index contributed by atoms with van der Waals surface area (Å²) in [5.41, 5.74) is 0. The average molecular weight is 250 g/mol. The molecule has 1 rings (SSSR count). The third-order valence-corrected chi connectivity index (χ3v) is 3.62. The molecule has 102 valence electrons. The largest absolute Gasteiger partial charge is 0.341 e. The molecule has 0 aromatic heterocycles. The third-order valence-electron chi connectivity index (χ3n) is 3.62. The van der Waals surface area contributed by atoms with Crippen molar-refractivity contribution in [3.8, 4) is 6.07 Å². The van der Waals surface area contributed by atoms with Crippen LogP contribution in [0.3, 0.4) is 0 Å². The molecule has 0 bridgehead atoms. The first kappa shape index (κ1) is 15.0. The average Bonchev–Trinajstić information content (AvgIpc) is 2.35. The van der Waals surface area contributed by atoms with E-state index >= 15 is 0 Å². The molecular formula is C15H26N2O. The van der Waals surface area contributed by atoms with Crippen LogP contribution >= 0.6 is 0 Å². The lowest BCUT2D eigenvalue weighted by molar-refractivity contribution is -0.132. The molecular weight excluding hydrogens is 224 g/mol. The van der Waals surface area contributed by atoms with Crippen molar-refractivity contribution >= 4 is 5.91 Å². The maximum Gasteiger partial charge on any atom is 0.222 e. The lowest BCUT2D eigenvalue weighted by Crippen LogP contribution is -2.36. The fraction of sp³-hybridized carbons (Fsp3) is 0.867. The minimum atomic E-state index is 0.255. The monoisotopic (exact) mass is 250 g/mol. The number of carbonyl (C=O) groups is 1. The Kier molecular flexibility index (Phi) is 6.78. The lowest BCUT2D eigenvalue weighted by Gasteiger charge is -2.27. The number of carbonyl (C=O) groups excluding carboxylic acids is 1. The van der Waals surface area contributed by atoms with Crippen LogP contribution in [0.15, 0.2) is 0 Å². The summed E-state index contributed by atoms with van der Waals surface area (Å²) in [7, 11) is 0. The van der Waals surface area contributed by atoms with Crippen molar-refractivity contribution in [3.05, 3.63) is 0 Å². The zero-order valence-corrected chi connectivity index (χ0v) is 11.8. The highest BCUT2D eigenvalue weighted by molar-refractivity contribution is 5.76. The van der Waals surface area contributed by atoms with Crippen LogP contribution in [0.1, 0.15) is 58.8 Å². The maximum atomic E-state index is 12.3. The van der Waals surface area contributed by atoms with Gasteiger partial charge in [0.05, 0.1) is 12.5 Å². The van der Waals surface area contributed by atoms with Crippen LogP contribution in [-0.4, -0.2) is 23.9 Å². The molecule has 0 atom stereocenters. The summed E-state index contributed by atoms with van der Waals surface area (Å²) in [4.78, 5) is 14.2. The highest BCUT2D eigenvalue weighted by atomic mass is 16.2. The Hall–Kier alpha value is -1.04. The molecule has 0 N–H and O–H groups in total. The van der Waals surface area contributed by atoms with E-state index in [0.717, 1.165) is 6.54 Å². The van der Waals surface area contributed by atoms with E-state index in [9.17, 15) is 4.79 Å². The molecule has 0 spiro atoms. The number of nitrogens with zero attached hydrogens (tertiary/aromatic N) is 2. The van der Waals surface area contributed by atoms with E-state index in [1.54, 1.807) is 0 Å². The molecule has 0 aliphatic heterocycles. The minimum absolute atomic E-state index is 0.255. The summed E-state index contributed by atoms with van der Waals surface area (Å²) >= 11 is 0. The molecule has 3 nitrogen and oxygen atoms in total. The predicted molar refractivity (Wildman–Crippen MR) is 72.8 cm³/mol. The van der Waals surface area contributed by atoms with Gasteiger partial charge in [-0.2, -0.15) is 5.26 Å². The second kappa shape index (κ2) is 8.13. The quantitative estimate of drug-likeness (QED) is 0.725. The highest BCUT2D eigenvalue weighted by Crippen LogP contribution is 2.26. The van der Waals surface area contributed by atoms with Crippen molar-refractivity contribution in [1.29, 1.82) is 5.26 Å². The normalized spacial score (nSPS) is 16.6. The van der Waals surface area contributed by atoms with Gasteiger partial charge in [0.2, 0.25) is 5.91 Å². The Morgan fingerprint density at radius 2 is 2.00 bits per heavy atom. The molecule has 18 heavy (non-hydrogen) atoms. The topological polar surface area (TPSA) is 44.1 Å². The van der Waals surface area contributed by atoms with Crippen LogP contribution in [-0.2, 0) is 4.79 Å². The van der Waals surface area contributed by atoms with E-state index in [-0.39, 0.29) is 5.91 Å². The van der Waals surface area contributed by atoms with Gasteiger partial charge in [-0.3, -0.25) is 4.79 Å². The summed E-state index contributed by atoms with van der Waals surface area (Å²) in [5, 5.41) is 8.66. The van der Waals surface area contributed by atoms with Crippen LogP contribution in [0, 0.1) is 23.2 Å². The van der Waals surface area contributed by atoms with Gasteiger partial charge in [-0.1, -0.05) is 33.1 Å². The molecule has 0 aromatic rings. The Balaban J connectivity index is 2.44. The van der Waals surface area contributed by atoms with Gasteiger partial charge in [0.25, 0.3) is 0 Å². The van der Waals surface area contributed by atoms with Crippen molar-refractivity contribution in [3.63, 3.8) is 0 Å². The number of nitriles is 1. The van der Waals surface area contributed by atoms with Gasteiger partial charge >= 0.3 is 0 Å². The first-order valence-electron chi connectivity index (χ1n) is 7.28. The second-order valence-electron chi connectivity index (χ2n) is 5.85. The Bertz CT molecular complexity index is 287. The van der Waals surface area contributed by atoms with Crippen molar-refractivity contribution < 1.29 is 4.79 Å². The van der Waals surface area contributed by atoms with Crippen molar-refractivity contribution in [2.45, 2.75) is 58.8 Å². The highest BCUT2D eigenvalue weighted by Gasteiger charge is 2.21. The summed E-state index contributed by atoms with van der Waals surface area (Å²) in [5.74, 6) is 1.31. The third kappa shape index (κ3) is 5.53. The number of amides is 1.